The molecule has 42 heavy (non-hydrogen) atoms. The number of alkyl halides is 1. The molecule has 0 aromatic carbocycles. The molecule has 7 N–H and O–H groups in total. The zero-order valence-electron chi connectivity index (χ0n) is 21.0. The summed E-state index contributed by atoms with van der Waals surface area (Å²) in [6.07, 6.45) is -8.40. The van der Waals surface area contributed by atoms with Crippen molar-refractivity contribution in [2.24, 2.45) is 0 Å². The number of ether oxygens (including phenoxy) is 4. The Balaban J connectivity index is 1.17. The Hall–Kier alpha value is -3.66. The number of aromatic nitrogens is 8. The molecule has 0 saturated carbocycles. The Morgan fingerprint density at radius 1 is 1.02 bits per heavy atom. The molecule has 3 aliphatic heterocycles. The van der Waals surface area contributed by atoms with E-state index in [1.165, 1.54) is 17.2 Å². The average Bonchev–Trinajstić information content (AvgIpc) is 3.69. The fourth-order valence-corrected chi connectivity index (χ4v) is 6.00. The van der Waals surface area contributed by atoms with E-state index in [9.17, 15) is 19.4 Å². The molecule has 4 aromatic heterocycles. The van der Waals surface area contributed by atoms with Gasteiger partial charge in [0.25, 0.3) is 5.56 Å². The summed E-state index contributed by atoms with van der Waals surface area (Å²) in [5.74, 6) is -0.152. The topological polar surface area (TPSA) is 272 Å². The summed E-state index contributed by atoms with van der Waals surface area (Å²) >= 11 is 0. The zero-order chi connectivity index (χ0) is 29.3. The van der Waals surface area contributed by atoms with E-state index in [0.717, 1.165) is 10.9 Å². The molecule has 4 aromatic rings. The van der Waals surface area contributed by atoms with Crippen LogP contribution in [-0.2, 0) is 32.6 Å². The Bertz CT molecular complexity index is 1770. The van der Waals surface area contributed by atoms with Gasteiger partial charge in [-0.1, -0.05) is 0 Å². The van der Waals surface area contributed by atoms with E-state index in [0.29, 0.717) is 0 Å². The number of hydrogen-bond donors (Lipinski definition) is 5. The molecule has 0 aliphatic carbocycles. The molecule has 7 rings (SSSR count). The number of phosphoric ester groups is 1. The highest BCUT2D eigenvalue weighted by atomic mass is 31.2. The lowest BCUT2D eigenvalue weighted by Crippen LogP contribution is -2.39. The molecule has 22 heteroatoms. The highest BCUT2D eigenvalue weighted by Crippen LogP contribution is 2.51. The molecule has 20 nitrogen and oxygen atoms in total. The van der Waals surface area contributed by atoms with Crippen LogP contribution in [0.25, 0.3) is 22.3 Å². The molecule has 9 unspecified atom stereocenters. The number of imidazole rings is 2. The molecule has 3 aliphatic rings. The number of nitrogens with one attached hydrogen (secondary N) is 1. The third-order valence-electron chi connectivity index (χ3n) is 6.97. The number of anilines is 2. The summed E-state index contributed by atoms with van der Waals surface area (Å²) in [5.41, 5.74) is 11.1. The van der Waals surface area contributed by atoms with Gasteiger partial charge >= 0.3 is 7.82 Å². The summed E-state index contributed by atoms with van der Waals surface area (Å²) in [4.78, 5) is 45.1. The first-order chi connectivity index (χ1) is 20.1. The Morgan fingerprint density at radius 2 is 1.79 bits per heavy atom. The summed E-state index contributed by atoms with van der Waals surface area (Å²) < 4.78 is 64.2. The van der Waals surface area contributed by atoms with Crippen molar-refractivity contribution in [2.45, 2.75) is 49.3 Å². The third-order valence-corrected chi connectivity index (χ3v) is 7.96. The molecular formula is C20H22FN10O10P. The van der Waals surface area contributed by atoms with Gasteiger partial charge in [-0.05, 0) is 0 Å². The van der Waals surface area contributed by atoms with Gasteiger partial charge in [0.2, 0.25) is 5.95 Å². The summed E-state index contributed by atoms with van der Waals surface area (Å²) in [7, 11) is -5.03. The predicted octanol–water partition coefficient (Wildman–Crippen LogP) is -1.55. The van der Waals surface area contributed by atoms with Crippen molar-refractivity contribution >= 4 is 41.9 Å². The van der Waals surface area contributed by atoms with Crippen LogP contribution in [-0.4, -0.2) is 99.3 Å². The van der Waals surface area contributed by atoms with Gasteiger partial charge in [0.15, 0.2) is 60.4 Å². The normalized spacial score (nSPS) is 35.7. The number of aliphatic hydroxyl groups excluding tert-OH is 1. The van der Waals surface area contributed by atoms with Gasteiger partial charge in [-0.3, -0.25) is 28.0 Å². The van der Waals surface area contributed by atoms with Gasteiger partial charge in [0.05, 0.1) is 19.3 Å². The fourth-order valence-electron chi connectivity index (χ4n) is 5.08. The van der Waals surface area contributed by atoms with Crippen LogP contribution >= 0.6 is 7.82 Å². The van der Waals surface area contributed by atoms with Crippen molar-refractivity contribution in [3.05, 3.63) is 29.3 Å². The number of H-pyrrole nitrogens is 1. The van der Waals surface area contributed by atoms with Crippen molar-refractivity contribution in [2.75, 3.05) is 24.9 Å². The van der Waals surface area contributed by atoms with E-state index in [1.54, 1.807) is 0 Å². The second-order valence-electron chi connectivity index (χ2n) is 9.50. The number of nitrogens with zero attached hydrogens (tertiary/aromatic N) is 7. The smallest absolute Gasteiger partial charge is 0.386 e. The van der Waals surface area contributed by atoms with Crippen LogP contribution in [0.2, 0.25) is 0 Å². The average molecular weight is 612 g/mol. The number of rotatable bonds is 2. The van der Waals surface area contributed by atoms with Gasteiger partial charge in [-0.2, -0.15) is 4.98 Å². The van der Waals surface area contributed by atoms with E-state index in [1.807, 2.05) is 0 Å². The lowest BCUT2D eigenvalue weighted by Gasteiger charge is -2.25. The maximum absolute atomic E-state index is 15.6. The molecule has 3 fully saturated rings. The molecule has 0 spiro atoms. The number of nitrogens with two attached hydrogens (primary N) is 2. The first-order valence-corrected chi connectivity index (χ1v) is 13.8. The number of halogens is 1. The highest BCUT2D eigenvalue weighted by Gasteiger charge is 2.53. The fraction of sp³-hybridized carbons (Fsp3) is 0.500. The van der Waals surface area contributed by atoms with Crippen LogP contribution < -0.4 is 17.0 Å². The van der Waals surface area contributed by atoms with Crippen molar-refractivity contribution in [3.63, 3.8) is 0 Å². The number of fused-ring (bicyclic) bond motifs is 5. The summed E-state index contributed by atoms with van der Waals surface area (Å²) in [6.45, 7) is -1.24. The van der Waals surface area contributed by atoms with Crippen LogP contribution in [0, 0.1) is 0 Å². The summed E-state index contributed by atoms with van der Waals surface area (Å²) in [6, 6.07) is 0. The lowest BCUT2D eigenvalue weighted by molar-refractivity contribution is -0.228. The number of aromatic amines is 1. The minimum atomic E-state index is -5.03. The minimum Gasteiger partial charge on any atom is -0.386 e. The van der Waals surface area contributed by atoms with Crippen LogP contribution in [0.4, 0.5) is 16.2 Å². The molecule has 0 amide bonds. The Labute approximate surface area is 231 Å². The molecular weight excluding hydrogens is 590 g/mol. The van der Waals surface area contributed by atoms with E-state index >= 15 is 4.39 Å². The van der Waals surface area contributed by atoms with Gasteiger partial charge in [-0.25, -0.2) is 28.9 Å². The quantitative estimate of drug-likeness (QED) is 0.160. The van der Waals surface area contributed by atoms with Gasteiger partial charge in [0, 0.05) is 0 Å². The molecule has 3 saturated heterocycles. The molecule has 9 atom stereocenters. The standard InChI is InChI=1S/C20H22FN10O10P/c21-7-12-18(31-4-27-9-15(31)28-20(23)29-16(9)33)40-19(7)37-5-36-11-6(1-38-42(34,35)41-12)39-17(10(11)32)30-3-26-8-13(22)24-2-25-14(8)30/h2-4,6-7,10-12,17-19,32H,1,5H2,(H,34,35)(H2,22,24,25)(H3,23,28,29,33). The first-order valence-electron chi connectivity index (χ1n) is 12.3. The number of hydrogen-bond acceptors (Lipinski definition) is 16. The zero-order valence-corrected chi connectivity index (χ0v) is 21.9. The van der Waals surface area contributed by atoms with Crippen LogP contribution in [0.15, 0.2) is 23.8 Å². The van der Waals surface area contributed by atoms with E-state index < -0.39 is 76.1 Å². The van der Waals surface area contributed by atoms with Crippen molar-refractivity contribution in [1.29, 1.82) is 0 Å². The van der Waals surface area contributed by atoms with Crippen LogP contribution in [0.5, 0.6) is 0 Å². The Morgan fingerprint density at radius 3 is 2.60 bits per heavy atom. The third kappa shape index (κ3) is 4.42. The van der Waals surface area contributed by atoms with Crippen molar-refractivity contribution in [3.8, 4) is 0 Å². The van der Waals surface area contributed by atoms with Crippen molar-refractivity contribution < 1.29 is 47.0 Å². The molecule has 0 radical (unpaired) electrons. The van der Waals surface area contributed by atoms with Crippen LogP contribution in [0.1, 0.15) is 12.5 Å². The number of aliphatic hydroxyl groups is 1. The largest absolute Gasteiger partial charge is 0.472 e. The second-order valence-corrected chi connectivity index (χ2v) is 10.9. The predicted molar refractivity (Wildman–Crippen MR) is 132 cm³/mol. The summed E-state index contributed by atoms with van der Waals surface area (Å²) in [5, 5.41) is 11.1. The van der Waals surface area contributed by atoms with Gasteiger partial charge < -0.3 is 40.4 Å². The monoisotopic (exact) mass is 612 g/mol. The maximum atomic E-state index is 15.6. The number of nitrogen functional groups attached to an aromatic ring is 2. The highest BCUT2D eigenvalue weighted by molar-refractivity contribution is 7.47. The molecule has 7 heterocycles. The second kappa shape index (κ2) is 9.97. The van der Waals surface area contributed by atoms with E-state index in [4.69, 9.17) is 39.5 Å². The molecule has 2 bridgehead atoms. The van der Waals surface area contributed by atoms with E-state index in [2.05, 4.69) is 29.9 Å². The maximum Gasteiger partial charge on any atom is 0.472 e. The SMILES string of the molecule is Nc1nc2c(ncn2C2OC3OCOC4C(COP(=O)(O)OC2C3F)OC(n2cnc3c(N)ncnc32)C4O)c(=O)[nH]1. The number of phosphoric acid groups is 1. The van der Waals surface area contributed by atoms with Gasteiger partial charge in [0.1, 0.15) is 30.2 Å². The molecule has 224 valence electrons. The van der Waals surface area contributed by atoms with Crippen LogP contribution in [0.3, 0.4) is 0 Å². The van der Waals surface area contributed by atoms with Gasteiger partial charge in [-0.15, -0.1) is 0 Å². The first kappa shape index (κ1) is 27.2. The van der Waals surface area contributed by atoms with E-state index in [-0.39, 0.29) is 34.1 Å². The Kier molecular flexibility index (Phi) is 6.45. The van der Waals surface area contributed by atoms with Crippen molar-refractivity contribution in [1.82, 2.24) is 39.0 Å². The minimum absolute atomic E-state index is 0.104. The lowest BCUT2D eigenvalue weighted by atomic mass is 10.1.